The lowest BCUT2D eigenvalue weighted by molar-refractivity contribution is 0.0722. The lowest BCUT2D eigenvalue weighted by Gasteiger charge is -2.32. The summed E-state index contributed by atoms with van der Waals surface area (Å²) >= 11 is 0. The zero-order chi connectivity index (χ0) is 24.5. The molecule has 10 heteroatoms. The summed E-state index contributed by atoms with van der Waals surface area (Å²) in [6.45, 7) is 1.70. The highest BCUT2D eigenvalue weighted by atomic mass is 19.2. The molecule has 1 fully saturated rings. The van der Waals surface area contributed by atoms with E-state index in [1.165, 1.54) is 17.0 Å². The smallest absolute Gasteiger partial charge is 0.260 e. The van der Waals surface area contributed by atoms with Crippen LogP contribution in [0.25, 0.3) is 0 Å². The third kappa shape index (κ3) is 4.65. The van der Waals surface area contributed by atoms with Crippen LogP contribution in [0.1, 0.15) is 40.9 Å². The molecule has 3 heterocycles. The normalized spacial score (nSPS) is 15.7. The van der Waals surface area contributed by atoms with E-state index >= 15 is 0 Å². The number of amides is 1. The molecule has 0 atom stereocenters. The van der Waals surface area contributed by atoms with Crippen molar-refractivity contribution in [2.24, 2.45) is 0 Å². The predicted molar refractivity (Wildman–Crippen MR) is 119 cm³/mol. The van der Waals surface area contributed by atoms with Gasteiger partial charge in [0.1, 0.15) is 22.9 Å². The second-order valence-corrected chi connectivity index (χ2v) is 8.55. The average Bonchev–Trinajstić information content (AvgIpc) is 2.86. The Morgan fingerprint density at radius 1 is 0.857 bits per heavy atom. The molecule has 0 spiro atoms. The first kappa shape index (κ1) is 23.1. The van der Waals surface area contributed by atoms with Crippen molar-refractivity contribution >= 4 is 11.9 Å². The molecule has 1 amide bonds. The molecule has 0 bridgehead atoms. The van der Waals surface area contributed by atoms with Crippen molar-refractivity contribution in [3.8, 4) is 11.6 Å². The molecular formula is C25H22F4N4O2. The van der Waals surface area contributed by atoms with Crippen LogP contribution in [0.5, 0.6) is 11.6 Å². The lowest BCUT2D eigenvalue weighted by Crippen LogP contribution is -2.38. The van der Waals surface area contributed by atoms with Crippen LogP contribution in [0.3, 0.4) is 0 Å². The summed E-state index contributed by atoms with van der Waals surface area (Å²) in [7, 11) is 0. The second kappa shape index (κ2) is 9.52. The number of anilines is 1. The standard InChI is InChI=1S/C25H22F4N4O2/c26-17-8-7-15(13-20(17)29)35-23-16-14-33(24(34)22-18(27)5-4-6-19(22)28)12-9-21(16)30-25(31-23)32-10-2-1-3-11-32/h4-8,13H,1-3,9-12,14H2. The third-order valence-corrected chi connectivity index (χ3v) is 6.22. The number of piperidine rings is 1. The Morgan fingerprint density at radius 2 is 1.60 bits per heavy atom. The van der Waals surface area contributed by atoms with Crippen LogP contribution in [0.2, 0.25) is 0 Å². The fourth-order valence-electron chi connectivity index (χ4n) is 4.38. The van der Waals surface area contributed by atoms with E-state index < -0.39 is 34.7 Å². The van der Waals surface area contributed by atoms with Crippen molar-refractivity contribution in [2.45, 2.75) is 32.2 Å². The number of carbonyl (C=O) groups is 1. The molecule has 0 saturated carbocycles. The van der Waals surface area contributed by atoms with Crippen LogP contribution in [0.15, 0.2) is 36.4 Å². The minimum Gasteiger partial charge on any atom is -0.438 e. The van der Waals surface area contributed by atoms with Crippen molar-refractivity contribution in [1.29, 1.82) is 0 Å². The van der Waals surface area contributed by atoms with Gasteiger partial charge >= 0.3 is 0 Å². The molecule has 5 rings (SSSR count). The minimum atomic E-state index is -1.08. The molecule has 35 heavy (non-hydrogen) atoms. The van der Waals surface area contributed by atoms with Gasteiger partial charge in [0.15, 0.2) is 11.6 Å². The quantitative estimate of drug-likeness (QED) is 0.485. The van der Waals surface area contributed by atoms with Gasteiger partial charge < -0.3 is 14.5 Å². The van der Waals surface area contributed by atoms with Crippen LogP contribution >= 0.6 is 0 Å². The molecule has 1 aromatic heterocycles. The molecule has 0 radical (unpaired) electrons. The van der Waals surface area contributed by atoms with Crippen molar-refractivity contribution in [2.75, 3.05) is 24.5 Å². The first-order chi connectivity index (χ1) is 16.9. The highest BCUT2D eigenvalue weighted by Gasteiger charge is 2.31. The zero-order valence-electron chi connectivity index (χ0n) is 18.7. The van der Waals surface area contributed by atoms with E-state index in [0.29, 0.717) is 23.6 Å². The summed E-state index contributed by atoms with van der Waals surface area (Å²) < 4.78 is 61.6. The van der Waals surface area contributed by atoms with E-state index in [1.54, 1.807) is 0 Å². The topological polar surface area (TPSA) is 58.6 Å². The van der Waals surface area contributed by atoms with Gasteiger partial charge in [-0.2, -0.15) is 4.98 Å². The van der Waals surface area contributed by atoms with Crippen LogP contribution in [0.4, 0.5) is 23.5 Å². The molecule has 0 aliphatic carbocycles. The van der Waals surface area contributed by atoms with Crippen molar-refractivity contribution in [3.63, 3.8) is 0 Å². The third-order valence-electron chi connectivity index (χ3n) is 6.22. The molecule has 2 aliphatic rings. The van der Waals surface area contributed by atoms with Gasteiger partial charge in [0.25, 0.3) is 5.91 Å². The number of halogens is 4. The van der Waals surface area contributed by atoms with Crippen LogP contribution in [-0.4, -0.2) is 40.4 Å². The number of benzene rings is 2. The summed E-state index contributed by atoms with van der Waals surface area (Å²) in [6, 6.07) is 6.37. The fourth-order valence-corrected chi connectivity index (χ4v) is 4.38. The SMILES string of the molecule is O=C(c1c(F)cccc1F)N1CCc2nc(N3CCCCC3)nc(Oc3ccc(F)c(F)c3)c2C1. The number of hydrogen-bond acceptors (Lipinski definition) is 5. The summed E-state index contributed by atoms with van der Waals surface area (Å²) in [5.74, 6) is -4.21. The molecule has 2 aromatic carbocycles. The minimum absolute atomic E-state index is 0.0259. The Labute approximate surface area is 199 Å². The van der Waals surface area contributed by atoms with Gasteiger partial charge in [-0.1, -0.05) is 6.07 Å². The van der Waals surface area contributed by atoms with Crippen molar-refractivity contribution < 1.29 is 27.1 Å². The van der Waals surface area contributed by atoms with Gasteiger partial charge in [-0.25, -0.2) is 22.5 Å². The van der Waals surface area contributed by atoms with E-state index in [9.17, 15) is 22.4 Å². The predicted octanol–water partition coefficient (Wildman–Crippen LogP) is 5.01. The molecule has 1 saturated heterocycles. The van der Waals surface area contributed by atoms with E-state index in [2.05, 4.69) is 9.97 Å². The van der Waals surface area contributed by atoms with Crippen LogP contribution in [-0.2, 0) is 13.0 Å². The summed E-state index contributed by atoms with van der Waals surface area (Å²) in [5.41, 5.74) is 0.452. The Hall–Kier alpha value is -3.69. The Bertz CT molecular complexity index is 1260. The van der Waals surface area contributed by atoms with Crippen molar-refractivity contribution in [1.82, 2.24) is 14.9 Å². The van der Waals surface area contributed by atoms with E-state index in [-0.39, 0.29) is 24.7 Å². The molecule has 6 nitrogen and oxygen atoms in total. The average molecular weight is 486 g/mol. The summed E-state index contributed by atoms with van der Waals surface area (Å²) in [6.07, 6.45) is 3.42. The molecule has 3 aromatic rings. The monoisotopic (exact) mass is 486 g/mol. The van der Waals surface area contributed by atoms with Crippen molar-refractivity contribution in [3.05, 3.63) is 76.5 Å². The summed E-state index contributed by atoms with van der Waals surface area (Å²) in [4.78, 5) is 25.6. The summed E-state index contributed by atoms with van der Waals surface area (Å²) in [5, 5.41) is 0. The Kier molecular flexibility index (Phi) is 6.27. The largest absolute Gasteiger partial charge is 0.438 e. The Morgan fingerprint density at radius 3 is 2.31 bits per heavy atom. The van der Waals surface area contributed by atoms with Crippen LogP contribution in [0, 0.1) is 23.3 Å². The Balaban J connectivity index is 1.51. The first-order valence-electron chi connectivity index (χ1n) is 11.4. The highest BCUT2D eigenvalue weighted by Crippen LogP contribution is 2.33. The van der Waals surface area contributed by atoms with Crippen LogP contribution < -0.4 is 9.64 Å². The molecule has 182 valence electrons. The van der Waals surface area contributed by atoms with Gasteiger partial charge in [0.05, 0.1) is 17.8 Å². The van der Waals surface area contributed by atoms with E-state index in [0.717, 1.165) is 56.6 Å². The highest BCUT2D eigenvalue weighted by molar-refractivity contribution is 5.95. The second-order valence-electron chi connectivity index (χ2n) is 8.55. The number of nitrogens with zero attached hydrogens (tertiary/aromatic N) is 4. The number of fused-ring (bicyclic) bond motifs is 1. The van der Waals surface area contributed by atoms with Gasteiger partial charge in [-0.05, 0) is 43.5 Å². The maximum absolute atomic E-state index is 14.2. The maximum Gasteiger partial charge on any atom is 0.260 e. The van der Waals surface area contributed by atoms with Gasteiger partial charge in [-0.15, -0.1) is 0 Å². The molecule has 0 N–H and O–H groups in total. The first-order valence-corrected chi connectivity index (χ1v) is 11.4. The van der Waals surface area contributed by atoms with Gasteiger partial charge in [-0.3, -0.25) is 4.79 Å². The van der Waals surface area contributed by atoms with E-state index in [4.69, 9.17) is 4.74 Å². The maximum atomic E-state index is 14.2. The fraction of sp³-hybridized carbons (Fsp3) is 0.320. The lowest BCUT2D eigenvalue weighted by atomic mass is 10.0. The van der Waals surface area contributed by atoms with Gasteiger partial charge in [0.2, 0.25) is 11.8 Å². The molecular weight excluding hydrogens is 464 g/mol. The number of ether oxygens (including phenoxy) is 1. The zero-order valence-corrected chi connectivity index (χ0v) is 18.7. The number of hydrogen-bond donors (Lipinski definition) is 0. The molecule has 0 unspecified atom stereocenters. The molecule has 2 aliphatic heterocycles. The van der Waals surface area contributed by atoms with Gasteiger partial charge in [0, 0.05) is 32.1 Å². The number of carbonyl (C=O) groups excluding carboxylic acids is 1. The number of aromatic nitrogens is 2. The number of rotatable bonds is 4. The van der Waals surface area contributed by atoms with E-state index in [1.807, 2.05) is 4.90 Å².